The number of nitrogens with one attached hydrogen (secondary N) is 1. The minimum absolute atomic E-state index is 0.100. The first kappa shape index (κ1) is 34.5. The number of hydrogen-bond acceptors (Lipinski definition) is 12. The summed E-state index contributed by atoms with van der Waals surface area (Å²) in [5.74, 6) is -4.26. The van der Waals surface area contributed by atoms with Gasteiger partial charge in [-0.2, -0.15) is 15.1 Å². The second kappa shape index (κ2) is 13.3. The summed E-state index contributed by atoms with van der Waals surface area (Å²) < 4.78 is 60.5. The number of carbonyl (C=O) groups is 1. The highest BCUT2D eigenvalue weighted by atomic mass is 31.2. The molecule has 1 saturated heterocycles. The number of carbonyl (C=O) groups excluding carboxylic acids is 1. The Morgan fingerprint density at radius 2 is 1.96 bits per heavy atom. The quantitative estimate of drug-likeness (QED) is 0.136. The van der Waals surface area contributed by atoms with Gasteiger partial charge in [0, 0.05) is 11.3 Å². The normalized spacial score (nSPS) is 23.4. The van der Waals surface area contributed by atoms with Gasteiger partial charge in [-0.05, 0) is 30.7 Å². The number of aromatic nitrogens is 4. The molecule has 16 heteroatoms. The number of alkyl halides is 1. The monoisotopic (exact) mass is 674 g/mol. The van der Waals surface area contributed by atoms with E-state index in [9.17, 15) is 14.5 Å². The van der Waals surface area contributed by atoms with Crippen molar-refractivity contribution < 1.29 is 42.1 Å². The molecule has 1 fully saturated rings. The molecule has 0 radical (unpaired) electrons. The molecule has 47 heavy (non-hydrogen) atoms. The highest BCUT2D eigenvalue weighted by Crippen LogP contribution is 2.50. The lowest BCUT2D eigenvalue weighted by atomic mass is 9.99. The fourth-order valence-corrected chi connectivity index (χ4v) is 6.58. The van der Waals surface area contributed by atoms with Crippen LogP contribution in [0.1, 0.15) is 47.8 Å². The molecule has 6 atom stereocenters. The van der Waals surface area contributed by atoms with Gasteiger partial charge in [0.2, 0.25) is 11.8 Å². The molecule has 4 N–H and O–H groups in total. The molecule has 0 saturated carbocycles. The number of esters is 1. The van der Waals surface area contributed by atoms with Gasteiger partial charge < -0.3 is 29.6 Å². The number of hydrogen-bond donors (Lipinski definition) is 3. The van der Waals surface area contributed by atoms with Gasteiger partial charge in [0.15, 0.2) is 11.2 Å². The van der Waals surface area contributed by atoms with Crippen molar-refractivity contribution in [3.8, 4) is 11.6 Å². The number of anilines is 1. The van der Waals surface area contributed by atoms with Crippen LogP contribution in [0.2, 0.25) is 0 Å². The Labute approximate surface area is 271 Å². The molecule has 2 aromatic heterocycles. The lowest BCUT2D eigenvalue weighted by Gasteiger charge is -2.28. The van der Waals surface area contributed by atoms with Crippen molar-refractivity contribution in [3.05, 3.63) is 48.8 Å². The summed E-state index contributed by atoms with van der Waals surface area (Å²) in [5, 5.41) is 15.0. The predicted molar refractivity (Wildman–Crippen MR) is 171 cm³/mol. The average molecular weight is 675 g/mol. The van der Waals surface area contributed by atoms with Gasteiger partial charge in [0.1, 0.15) is 30.7 Å². The second-order valence-corrected chi connectivity index (χ2v) is 14.3. The van der Waals surface area contributed by atoms with Gasteiger partial charge in [-0.25, -0.2) is 13.9 Å². The van der Waals surface area contributed by atoms with Crippen LogP contribution in [0.15, 0.2) is 48.8 Å². The van der Waals surface area contributed by atoms with Crippen molar-refractivity contribution in [2.75, 3.05) is 25.6 Å². The molecule has 1 aliphatic heterocycles. The molecule has 0 bridgehead atoms. The molecule has 0 spiro atoms. The molecule has 6 unspecified atom stereocenters. The highest BCUT2D eigenvalue weighted by molar-refractivity contribution is 7.52. The van der Waals surface area contributed by atoms with E-state index >= 15 is 4.39 Å². The van der Waals surface area contributed by atoms with Crippen LogP contribution in [-0.4, -0.2) is 68.4 Å². The highest BCUT2D eigenvalue weighted by Gasteiger charge is 2.56. The summed E-state index contributed by atoms with van der Waals surface area (Å²) in [6.45, 7) is 9.79. The van der Waals surface area contributed by atoms with Crippen LogP contribution in [0.4, 0.5) is 10.3 Å². The number of halogens is 1. The summed E-state index contributed by atoms with van der Waals surface area (Å²) in [4.78, 5) is 25.4. The summed E-state index contributed by atoms with van der Waals surface area (Å²) in [7, 11) is -4.56. The second-order valence-electron chi connectivity index (χ2n) is 12.6. The minimum Gasteiger partial charge on any atom is -0.476 e. The minimum atomic E-state index is -4.56. The zero-order chi connectivity index (χ0) is 34.1. The first-order valence-electron chi connectivity index (χ1n) is 15.2. The molecular weight excluding hydrogens is 634 g/mol. The molecule has 4 aromatic rings. The Hall–Kier alpha value is -3.88. The zero-order valence-corrected chi connectivity index (χ0v) is 27.9. The van der Waals surface area contributed by atoms with Gasteiger partial charge in [0.25, 0.3) is 5.85 Å². The molecule has 0 aliphatic carbocycles. The van der Waals surface area contributed by atoms with E-state index in [0.29, 0.717) is 12.0 Å². The summed E-state index contributed by atoms with van der Waals surface area (Å²) in [6, 6.07) is 11.1. The topological polar surface area (TPSA) is 182 Å². The molecule has 14 nitrogen and oxygen atoms in total. The molecular formula is C31H40FN6O8P. The first-order valence-corrected chi connectivity index (χ1v) is 16.7. The lowest BCUT2D eigenvalue weighted by Crippen LogP contribution is -2.42. The summed E-state index contributed by atoms with van der Waals surface area (Å²) in [5.41, 5.74) is 6.03. The standard InChI is InChI=1S/C31H40FN6O8P/c1-7-42-26-23-25(35-29(33)36-26)38(17-34-23)27-18(2)24(39)31(32,45-27)16-44-47(41,37-19(3)28(40)43-15-30(4,5)6)46-22-14-10-12-20-11-8-9-13-21(20)22/h8-14,17-19,24,27,39H,7,15-16H2,1-6H3,(H,37,41)(H2,33,35,36). The third kappa shape index (κ3) is 7.49. The maximum atomic E-state index is 16.5. The molecule has 2 aromatic carbocycles. The average Bonchev–Trinajstić information content (AvgIpc) is 3.53. The molecule has 3 heterocycles. The Bertz CT molecular complexity index is 1800. The number of fused-ring (bicyclic) bond motifs is 2. The Balaban J connectivity index is 1.41. The Morgan fingerprint density at radius 1 is 1.23 bits per heavy atom. The van der Waals surface area contributed by atoms with E-state index in [0.717, 1.165) is 5.39 Å². The van der Waals surface area contributed by atoms with E-state index in [2.05, 4.69) is 20.0 Å². The smallest absolute Gasteiger partial charge is 0.459 e. The number of rotatable bonds is 12. The number of imidazole rings is 1. The van der Waals surface area contributed by atoms with Gasteiger partial charge >= 0.3 is 13.7 Å². The fraction of sp³-hybridized carbons (Fsp3) is 0.484. The molecule has 1 aliphatic rings. The van der Waals surface area contributed by atoms with E-state index < -0.39 is 50.5 Å². The van der Waals surface area contributed by atoms with Crippen LogP contribution in [-0.2, 0) is 23.4 Å². The number of benzene rings is 2. The molecule has 254 valence electrons. The van der Waals surface area contributed by atoms with E-state index in [1.807, 2.05) is 39.0 Å². The zero-order valence-electron chi connectivity index (χ0n) is 27.0. The van der Waals surface area contributed by atoms with Crippen molar-refractivity contribution in [2.24, 2.45) is 11.3 Å². The van der Waals surface area contributed by atoms with Crippen molar-refractivity contribution in [3.63, 3.8) is 0 Å². The SMILES string of the molecule is CCOc1nc(N)nc2c1ncn2C1OC(F)(COP(=O)(NC(C)C(=O)OCC(C)(C)C)Oc2cccc3ccccc23)C(O)C1C. The number of nitrogens with two attached hydrogens (primary N) is 1. The first-order chi connectivity index (χ1) is 22.1. The van der Waals surface area contributed by atoms with Crippen LogP contribution < -0.4 is 20.1 Å². The van der Waals surface area contributed by atoms with Crippen LogP contribution in [0.5, 0.6) is 11.6 Å². The van der Waals surface area contributed by atoms with E-state index in [1.54, 1.807) is 38.1 Å². The number of aliphatic hydroxyl groups excluding tert-OH is 1. The third-order valence-corrected chi connectivity index (χ3v) is 9.03. The van der Waals surface area contributed by atoms with Gasteiger partial charge in [-0.15, -0.1) is 0 Å². The Morgan fingerprint density at radius 3 is 2.68 bits per heavy atom. The van der Waals surface area contributed by atoms with E-state index in [1.165, 1.54) is 17.8 Å². The van der Waals surface area contributed by atoms with Crippen LogP contribution in [0, 0.1) is 11.3 Å². The summed E-state index contributed by atoms with van der Waals surface area (Å²) in [6.07, 6.45) is -1.54. The molecule has 5 rings (SSSR count). The third-order valence-electron chi connectivity index (χ3n) is 7.42. The number of nitrogen functional groups attached to an aromatic ring is 1. The number of nitrogens with zero attached hydrogens (tertiary/aromatic N) is 4. The van der Waals surface area contributed by atoms with Gasteiger partial charge in [-0.3, -0.25) is 13.9 Å². The van der Waals surface area contributed by atoms with Crippen molar-refractivity contribution in [1.82, 2.24) is 24.6 Å². The maximum absolute atomic E-state index is 16.5. The maximum Gasteiger partial charge on any atom is 0.459 e. The number of aliphatic hydroxyl groups is 1. The van der Waals surface area contributed by atoms with Crippen LogP contribution in [0.3, 0.4) is 0 Å². The van der Waals surface area contributed by atoms with Crippen molar-refractivity contribution in [1.29, 1.82) is 0 Å². The summed E-state index contributed by atoms with van der Waals surface area (Å²) >= 11 is 0. The Kier molecular flexibility index (Phi) is 9.76. The predicted octanol–water partition coefficient (Wildman–Crippen LogP) is 4.92. The molecule has 0 amide bonds. The van der Waals surface area contributed by atoms with Crippen LogP contribution in [0.25, 0.3) is 21.9 Å². The largest absolute Gasteiger partial charge is 0.476 e. The fourth-order valence-electron chi connectivity index (χ4n) is 5.06. The van der Waals surface area contributed by atoms with Crippen molar-refractivity contribution in [2.45, 2.75) is 65.8 Å². The number of ether oxygens (including phenoxy) is 3. The van der Waals surface area contributed by atoms with E-state index in [-0.39, 0.29) is 40.8 Å². The van der Waals surface area contributed by atoms with Gasteiger partial charge in [-0.1, -0.05) is 64.1 Å². The van der Waals surface area contributed by atoms with Gasteiger partial charge in [0.05, 0.1) is 19.5 Å². The lowest BCUT2D eigenvalue weighted by molar-refractivity contribution is -0.202. The van der Waals surface area contributed by atoms with Crippen molar-refractivity contribution >= 4 is 41.6 Å². The van der Waals surface area contributed by atoms with Crippen LogP contribution >= 0.6 is 7.75 Å². The van der Waals surface area contributed by atoms with E-state index in [4.69, 9.17) is 29.0 Å².